The van der Waals surface area contributed by atoms with Gasteiger partial charge in [-0.2, -0.15) is 0 Å². The van der Waals surface area contributed by atoms with Gasteiger partial charge in [-0.3, -0.25) is 9.59 Å². The van der Waals surface area contributed by atoms with E-state index in [9.17, 15) is 14.0 Å². The Bertz CT molecular complexity index is 492. The number of carboxylic acids is 1. The quantitative estimate of drug-likeness (QED) is 0.823. The Balaban J connectivity index is 3.12. The lowest BCUT2D eigenvalue weighted by molar-refractivity contribution is -0.154. The summed E-state index contributed by atoms with van der Waals surface area (Å²) in [7, 11) is 1.36. The average molecular weight is 274 g/mol. The molecule has 1 atom stereocenters. The largest absolute Gasteiger partial charge is 0.480 e. The summed E-state index contributed by atoms with van der Waals surface area (Å²) < 4.78 is 12.9. The summed E-state index contributed by atoms with van der Waals surface area (Å²) in [5.74, 6) is -2.40. The van der Waals surface area contributed by atoms with E-state index in [-0.39, 0.29) is 11.4 Å². The van der Waals surface area contributed by atoms with Gasteiger partial charge in [-0.15, -0.1) is 0 Å². The highest BCUT2D eigenvalue weighted by atomic mass is 35.5. The standard InChI is InChI=1S/C12H13ClFNO3/c1-12(11(17)18,10(16)15-2)6-7-3-4-8(14)5-9(7)13/h3-5H,6H2,1-2H3,(H,15,16)(H,17,18). The van der Waals surface area contributed by atoms with Crippen LogP contribution in [0.1, 0.15) is 12.5 Å². The smallest absolute Gasteiger partial charge is 0.319 e. The van der Waals surface area contributed by atoms with Crippen LogP contribution in [-0.2, 0) is 16.0 Å². The van der Waals surface area contributed by atoms with Gasteiger partial charge in [0.05, 0.1) is 0 Å². The fourth-order valence-electron chi connectivity index (χ4n) is 1.57. The Hall–Kier alpha value is -1.62. The first-order valence-electron chi connectivity index (χ1n) is 5.20. The second kappa shape index (κ2) is 5.35. The molecule has 0 aliphatic heterocycles. The number of carbonyl (C=O) groups excluding carboxylic acids is 1. The Morgan fingerprint density at radius 3 is 2.56 bits per heavy atom. The minimum absolute atomic E-state index is 0.103. The third-order valence-electron chi connectivity index (χ3n) is 2.76. The third kappa shape index (κ3) is 2.79. The number of hydrogen-bond donors (Lipinski definition) is 2. The van der Waals surface area contributed by atoms with E-state index in [2.05, 4.69) is 5.32 Å². The van der Waals surface area contributed by atoms with Crippen LogP contribution in [0.2, 0.25) is 5.02 Å². The van der Waals surface area contributed by atoms with Gasteiger partial charge in [-0.25, -0.2) is 4.39 Å². The van der Waals surface area contributed by atoms with E-state index in [1.807, 2.05) is 0 Å². The van der Waals surface area contributed by atoms with E-state index in [1.165, 1.54) is 26.1 Å². The highest BCUT2D eigenvalue weighted by Crippen LogP contribution is 2.28. The number of rotatable bonds is 4. The number of nitrogens with one attached hydrogen (secondary N) is 1. The molecule has 1 amide bonds. The molecule has 0 aliphatic carbocycles. The molecule has 1 aromatic carbocycles. The van der Waals surface area contributed by atoms with E-state index >= 15 is 0 Å². The van der Waals surface area contributed by atoms with E-state index in [0.29, 0.717) is 5.56 Å². The molecule has 0 saturated heterocycles. The van der Waals surface area contributed by atoms with E-state index in [4.69, 9.17) is 16.7 Å². The van der Waals surface area contributed by atoms with Gasteiger partial charge in [0.15, 0.2) is 0 Å². The second-order valence-corrected chi connectivity index (χ2v) is 4.54. The first kappa shape index (κ1) is 14.4. The predicted molar refractivity (Wildman–Crippen MR) is 64.9 cm³/mol. The number of amides is 1. The molecule has 18 heavy (non-hydrogen) atoms. The summed E-state index contributed by atoms with van der Waals surface area (Å²) in [5, 5.41) is 11.6. The van der Waals surface area contributed by atoms with Crippen molar-refractivity contribution in [3.8, 4) is 0 Å². The summed E-state index contributed by atoms with van der Waals surface area (Å²) in [6.45, 7) is 1.30. The summed E-state index contributed by atoms with van der Waals surface area (Å²) >= 11 is 5.82. The van der Waals surface area contributed by atoms with Crippen LogP contribution in [0.4, 0.5) is 4.39 Å². The summed E-state index contributed by atoms with van der Waals surface area (Å²) in [6.07, 6.45) is -0.110. The molecule has 1 aromatic rings. The van der Waals surface area contributed by atoms with Gasteiger partial charge in [0, 0.05) is 12.1 Å². The first-order chi connectivity index (χ1) is 8.31. The highest BCUT2D eigenvalue weighted by Gasteiger charge is 2.41. The molecule has 0 spiro atoms. The lowest BCUT2D eigenvalue weighted by Gasteiger charge is -2.23. The highest BCUT2D eigenvalue weighted by molar-refractivity contribution is 6.31. The fourth-order valence-corrected chi connectivity index (χ4v) is 1.81. The van der Waals surface area contributed by atoms with Crippen molar-refractivity contribution in [2.24, 2.45) is 5.41 Å². The molecule has 1 unspecified atom stereocenters. The molecule has 0 aromatic heterocycles. The number of carboxylic acid groups (broad SMARTS) is 1. The normalized spacial score (nSPS) is 13.8. The van der Waals surface area contributed by atoms with Gasteiger partial charge >= 0.3 is 5.97 Å². The molecule has 0 heterocycles. The molecule has 6 heteroatoms. The molecule has 0 bridgehead atoms. The van der Waals surface area contributed by atoms with Crippen LogP contribution in [0.15, 0.2) is 18.2 Å². The summed E-state index contributed by atoms with van der Waals surface area (Å²) in [5.41, 5.74) is -1.23. The van der Waals surface area contributed by atoms with Gasteiger partial charge in [0.25, 0.3) is 0 Å². The van der Waals surface area contributed by atoms with Gasteiger partial charge in [0.1, 0.15) is 11.2 Å². The van der Waals surface area contributed by atoms with E-state index < -0.39 is 23.1 Å². The van der Waals surface area contributed by atoms with E-state index in [1.54, 1.807) is 0 Å². The predicted octanol–water partition coefficient (Wildman–Crippen LogP) is 1.86. The fraction of sp³-hybridized carbons (Fsp3) is 0.333. The van der Waals surface area contributed by atoms with Crippen molar-refractivity contribution < 1.29 is 19.1 Å². The molecule has 0 radical (unpaired) electrons. The van der Waals surface area contributed by atoms with Crippen LogP contribution in [-0.4, -0.2) is 24.0 Å². The monoisotopic (exact) mass is 273 g/mol. The van der Waals surface area contributed by atoms with Crippen molar-refractivity contribution in [3.63, 3.8) is 0 Å². The number of aliphatic carboxylic acids is 1. The zero-order chi connectivity index (χ0) is 13.9. The zero-order valence-corrected chi connectivity index (χ0v) is 10.7. The molecular weight excluding hydrogens is 261 g/mol. The average Bonchev–Trinajstić information content (AvgIpc) is 2.31. The lowest BCUT2D eigenvalue weighted by Crippen LogP contribution is -2.44. The van der Waals surface area contributed by atoms with Crippen LogP contribution < -0.4 is 5.32 Å². The Labute approximate surface area is 109 Å². The molecule has 98 valence electrons. The molecule has 4 nitrogen and oxygen atoms in total. The Morgan fingerprint density at radius 1 is 1.50 bits per heavy atom. The van der Waals surface area contributed by atoms with Crippen molar-refractivity contribution in [3.05, 3.63) is 34.6 Å². The number of hydrogen-bond acceptors (Lipinski definition) is 2. The number of carbonyl (C=O) groups is 2. The maximum atomic E-state index is 12.9. The van der Waals surface area contributed by atoms with Crippen LogP contribution in [0.5, 0.6) is 0 Å². The molecule has 0 fully saturated rings. The lowest BCUT2D eigenvalue weighted by atomic mass is 9.82. The number of halogens is 2. The Kier molecular flexibility index (Phi) is 4.29. The molecule has 0 aliphatic rings. The van der Waals surface area contributed by atoms with Crippen molar-refractivity contribution in [1.29, 1.82) is 0 Å². The Morgan fingerprint density at radius 2 is 2.11 bits per heavy atom. The molecule has 0 saturated carbocycles. The SMILES string of the molecule is CNC(=O)C(C)(Cc1ccc(F)cc1Cl)C(=O)O. The van der Waals surface area contributed by atoms with Crippen molar-refractivity contribution in [2.45, 2.75) is 13.3 Å². The van der Waals surface area contributed by atoms with Crippen LogP contribution in [0, 0.1) is 11.2 Å². The topological polar surface area (TPSA) is 66.4 Å². The minimum atomic E-state index is -1.64. The van der Waals surface area contributed by atoms with Crippen molar-refractivity contribution in [1.82, 2.24) is 5.32 Å². The first-order valence-corrected chi connectivity index (χ1v) is 5.58. The van der Waals surface area contributed by atoms with Gasteiger partial charge < -0.3 is 10.4 Å². The maximum absolute atomic E-state index is 12.9. The van der Waals surface area contributed by atoms with Crippen LogP contribution in [0.3, 0.4) is 0 Å². The summed E-state index contributed by atoms with van der Waals surface area (Å²) in [6, 6.07) is 3.64. The maximum Gasteiger partial charge on any atom is 0.319 e. The summed E-state index contributed by atoms with van der Waals surface area (Å²) in [4.78, 5) is 22.9. The van der Waals surface area contributed by atoms with Crippen molar-refractivity contribution in [2.75, 3.05) is 7.05 Å². The molecule has 1 rings (SSSR count). The van der Waals surface area contributed by atoms with Gasteiger partial charge in [-0.05, 0) is 31.0 Å². The van der Waals surface area contributed by atoms with Gasteiger partial charge in [-0.1, -0.05) is 17.7 Å². The van der Waals surface area contributed by atoms with E-state index in [0.717, 1.165) is 6.07 Å². The third-order valence-corrected chi connectivity index (χ3v) is 3.11. The minimum Gasteiger partial charge on any atom is -0.480 e. The van der Waals surface area contributed by atoms with Crippen molar-refractivity contribution >= 4 is 23.5 Å². The van der Waals surface area contributed by atoms with Crippen LogP contribution in [0.25, 0.3) is 0 Å². The van der Waals surface area contributed by atoms with Crippen LogP contribution >= 0.6 is 11.6 Å². The molecular formula is C12H13ClFNO3. The van der Waals surface area contributed by atoms with Gasteiger partial charge in [0.2, 0.25) is 5.91 Å². The number of benzene rings is 1. The zero-order valence-electron chi connectivity index (χ0n) is 9.96. The second-order valence-electron chi connectivity index (χ2n) is 4.13. The molecule has 2 N–H and O–H groups in total.